The molecule has 0 aliphatic heterocycles. The van der Waals surface area contributed by atoms with E-state index in [2.05, 4.69) is 22.2 Å². The number of imidazole rings is 1. The Bertz CT molecular complexity index is 631. The number of carbonyl (C=O) groups is 3. The largest absolute Gasteiger partial charge is 0.480 e. The highest BCUT2D eigenvalue weighted by atomic mass is 16.4. The summed E-state index contributed by atoms with van der Waals surface area (Å²) >= 11 is 0. The lowest BCUT2D eigenvalue weighted by Crippen LogP contribution is -2.42. The van der Waals surface area contributed by atoms with E-state index in [1.807, 2.05) is 0 Å². The summed E-state index contributed by atoms with van der Waals surface area (Å²) in [7, 11) is 0. The lowest BCUT2D eigenvalue weighted by molar-refractivity contribution is -0.141. The highest BCUT2D eigenvalue weighted by molar-refractivity contribution is 5.87. The number of nitrogens with one attached hydrogen (secondary N) is 2. The zero-order chi connectivity index (χ0) is 23.4. The van der Waals surface area contributed by atoms with Crippen molar-refractivity contribution in [3.63, 3.8) is 0 Å². The summed E-state index contributed by atoms with van der Waals surface area (Å²) in [5.41, 5.74) is 0.635. The summed E-state index contributed by atoms with van der Waals surface area (Å²) in [6.07, 6.45) is 20.3. The molecular weight excluding hydrogens is 406 g/mol. The fourth-order valence-corrected chi connectivity index (χ4v) is 3.80. The number of aliphatic carboxylic acids is 1. The quantitative estimate of drug-likeness (QED) is 0.219. The molecule has 0 bridgehead atoms. The molecule has 0 radical (unpaired) electrons. The Morgan fingerprint density at radius 1 is 0.875 bits per heavy atom. The number of nitrogens with zero attached hydrogens (tertiary/aromatic N) is 1. The number of hydrogen-bond donors (Lipinski definition) is 3. The third kappa shape index (κ3) is 14.8. The van der Waals surface area contributed by atoms with Gasteiger partial charge in [0.25, 0.3) is 0 Å². The van der Waals surface area contributed by atoms with Gasteiger partial charge in [-0.25, -0.2) is 9.78 Å². The van der Waals surface area contributed by atoms with Gasteiger partial charge in [-0.1, -0.05) is 84.0 Å². The number of rotatable bonds is 21. The second-order valence-corrected chi connectivity index (χ2v) is 8.77. The molecule has 0 aromatic carbocycles. The van der Waals surface area contributed by atoms with Crippen molar-refractivity contribution in [3.8, 4) is 0 Å². The van der Waals surface area contributed by atoms with Gasteiger partial charge in [0.05, 0.1) is 6.33 Å². The van der Waals surface area contributed by atoms with Gasteiger partial charge in [-0.3, -0.25) is 9.59 Å². The molecule has 0 aliphatic rings. The maximum atomic E-state index is 12.0. The number of aromatic nitrogens is 2. The van der Waals surface area contributed by atoms with Crippen LogP contribution in [0.2, 0.25) is 0 Å². The van der Waals surface area contributed by atoms with Gasteiger partial charge in [0, 0.05) is 37.6 Å². The number of aromatic amines is 1. The molecule has 0 spiro atoms. The van der Waals surface area contributed by atoms with E-state index in [4.69, 9.17) is 0 Å². The van der Waals surface area contributed by atoms with Crippen molar-refractivity contribution < 1.29 is 19.5 Å². The molecule has 1 aromatic heterocycles. The number of hydrogen-bond acceptors (Lipinski definition) is 4. The van der Waals surface area contributed by atoms with Crippen molar-refractivity contribution in [2.45, 2.75) is 122 Å². The number of carboxylic acids is 1. The van der Waals surface area contributed by atoms with Crippen molar-refractivity contribution in [2.75, 3.05) is 0 Å². The van der Waals surface area contributed by atoms with Crippen LogP contribution < -0.4 is 5.32 Å². The van der Waals surface area contributed by atoms with Crippen molar-refractivity contribution >= 4 is 17.7 Å². The zero-order valence-electron chi connectivity index (χ0n) is 19.9. The second kappa shape index (κ2) is 18.4. The Balaban J connectivity index is 1.98. The van der Waals surface area contributed by atoms with E-state index < -0.39 is 17.9 Å². The Hall–Kier alpha value is -2.18. The molecule has 7 heteroatoms. The van der Waals surface area contributed by atoms with Crippen LogP contribution in [0.15, 0.2) is 12.5 Å². The monoisotopic (exact) mass is 449 g/mol. The lowest BCUT2D eigenvalue weighted by atomic mass is 10.0. The molecule has 1 atom stereocenters. The van der Waals surface area contributed by atoms with Crippen LogP contribution in [0.5, 0.6) is 0 Å². The summed E-state index contributed by atoms with van der Waals surface area (Å²) < 4.78 is 0. The average molecular weight is 450 g/mol. The first-order valence-electron chi connectivity index (χ1n) is 12.5. The van der Waals surface area contributed by atoms with Crippen LogP contribution in [0.3, 0.4) is 0 Å². The molecule has 3 N–H and O–H groups in total. The predicted octanol–water partition coefficient (Wildman–Crippen LogP) is 5.35. The van der Waals surface area contributed by atoms with E-state index in [1.165, 1.54) is 76.7 Å². The van der Waals surface area contributed by atoms with Crippen LogP contribution in [0.1, 0.15) is 115 Å². The molecule has 0 fully saturated rings. The number of amides is 1. The first kappa shape index (κ1) is 27.9. The van der Waals surface area contributed by atoms with Gasteiger partial charge in [-0.2, -0.15) is 0 Å². The summed E-state index contributed by atoms with van der Waals surface area (Å²) in [5.74, 6) is -1.44. The van der Waals surface area contributed by atoms with Gasteiger partial charge in [0.15, 0.2) is 0 Å². The van der Waals surface area contributed by atoms with Gasteiger partial charge in [0.2, 0.25) is 5.91 Å². The van der Waals surface area contributed by atoms with Gasteiger partial charge >= 0.3 is 5.97 Å². The Kier molecular flexibility index (Phi) is 16.0. The molecule has 0 saturated carbocycles. The highest BCUT2D eigenvalue weighted by Gasteiger charge is 2.21. The topological polar surface area (TPSA) is 112 Å². The molecule has 1 rings (SSSR count). The van der Waals surface area contributed by atoms with Gasteiger partial charge in [0.1, 0.15) is 11.8 Å². The Labute approximate surface area is 193 Å². The molecule has 1 unspecified atom stereocenters. The van der Waals surface area contributed by atoms with Crippen molar-refractivity contribution in [1.82, 2.24) is 15.3 Å². The molecule has 32 heavy (non-hydrogen) atoms. The van der Waals surface area contributed by atoms with E-state index in [1.54, 1.807) is 0 Å². The van der Waals surface area contributed by atoms with Crippen LogP contribution in [0, 0.1) is 0 Å². The molecule has 0 saturated heterocycles. The summed E-state index contributed by atoms with van der Waals surface area (Å²) in [5, 5.41) is 11.8. The van der Waals surface area contributed by atoms with Crippen LogP contribution in [0.25, 0.3) is 0 Å². The first-order valence-corrected chi connectivity index (χ1v) is 12.5. The molecule has 1 aromatic rings. The third-order valence-electron chi connectivity index (χ3n) is 5.80. The number of carboxylic acid groups (broad SMARTS) is 1. The fraction of sp³-hybridized carbons (Fsp3) is 0.760. The molecular formula is C25H43N3O4. The lowest BCUT2D eigenvalue weighted by Gasteiger charge is -2.13. The second-order valence-electron chi connectivity index (χ2n) is 8.77. The van der Waals surface area contributed by atoms with E-state index >= 15 is 0 Å². The maximum Gasteiger partial charge on any atom is 0.326 e. The average Bonchev–Trinajstić information content (AvgIpc) is 3.28. The van der Waals surface area contributed by atoms with Gasteiger partial charge in [-0.15, -0.1) is 0 Å². The molecule has 182 valence electrons. The maximum absolute atomic E-state index is 12.0. The highest BCUT2D eigenvalue weighted by Crippen LogP contribution is 2.13. The number of Topliss-reactive ketones (excluding diaryl/α,β-unsaturated/α-hetero) is 1. The molecule has 1 heterocycles. The molecule has 7 nitrogen and oxygen atoms in total. The molecule has 1 amide bonds. The SMILES string of the molecule is CCCCCCCCCCCCCCCC(=O)CCC(=O)NC(Cc1cnc[nH]1)C(=O)O. The van der Waals surface area contributed by atoms with Crippen molar-refractivity contribution in [2.24, 2.45) is 0 Å². The number of carbonyl (C=O) groups excluding carboxylic acids is 2. The van der Waals surface area contributed by atoms with E-state index in [0.717, 1.165) is 19.3 Å². The number of H-pyrrole nitrogens is 1. The van der Waals surface area contributed by atoms with Gasteiger partial charge < -0.3 is 15.4 Å². The van der Waals surface area contributed by atoms with E-state index in [9.17, 15) is 19.5 Å². The Morgan fingerprint density at radius 3 is 1.94 bits per heavy atom. The first-order chi connectivity index (χ1) is 15.5. The van der Waals surface area contributed by atoms with Crippen molar-refractivity contribution in [1.29, 1.82) is 0 Å². The Morgan fingerprint density at radius 2 is 1.44 bits per heavy atom. The molecule has 0 aliphatic carbocycles. The fourth-order valence-electron chi connectivity index (χ4n) is 3.80. The van der Waals surface area contributed by atoms with Crippen LogP contribution in [-0.4, -0.2) is 38.8 Å². The predicted molar refractivity (Wildman–Crippen MR) is 126 cm³/mol. The standard InChI is InChI=1S/C25H43N3O4/c1-2-3-4-5-6-7-8-9-10-11-12-13-14-15-22(29)16-17-24(30)28-23(25(31)32)18-21-19-26-20-27-21/h19-20,23H,2-18H2,1H3,(H,26,27)(H,28,30)(H,31,32). The minimum atomic E-state index is -1.11. The summed E-state index contributed by atoms with van der Waals surface area (Å²) in [6, 6.07) is -1.03. The van der Waals surface area contributed by atoms with Crippen LogP contribution in [0.4, 0.5) is 0 Å². The third-order valence-corrected chi connectivity index (χ3v) is 5.80. The summed E-state index contributed by atoms with van der Waals surface area (Å²) in [4.78, 5) is 42.0. The smallest absolute Gasteiger partial charge is 0.326 e. The zero-order valence-corrected chi connectivity index (χ0v) is 19.9. The minimum Gasteiger partial charge on any atom is -0.480 e. The van der Waals surface area contributed by atoms with Gasteiger partial charge in [-0.05, 0) is 6.42 Å². The summed E-state index contributed by atoms with van der Waals surface area (Å²) in [6.45, 7) is 2.25. The number of unbranched alkanes of at least 4 members (excludes halogenated alkanes) is 12. The van der Waals surface area contributed by atoms with Crippen LogP contribution in [-0.2, 0) is 20.8 Å². The number of ketones is 1. The van der Waals surface area contributed by atoms with E-state index in [-0.39, 0.29) is 25.0 Å². The van der Waals surface area contributed by atoms with Crippen molar-refractivity contribution in [3.05, 3.63) is 18.2 Å². The van der Waals surface area contributed by atoms with E-state index in [0.29, 0.717) is 12.1 Å². The minimum absolute atomic E-state index is 0.0318. The van der Waals surface area contributed by atoms with Crippen LogP contribution >= 0.6 is 0 Å². The normalized spacial score (nSPS) is 11.9.